The maximum atomic E-state index is 12.3. The molecule has 124 valence electrons. The zero-order valence-corrected chi connectivity index (χ0v) is 13.0. The Hall–Kier alpha value is -1.70. The third-order valence-corrected chi connectivity index (χ3v) is 3.88. The van der Waals surface area contributed by atoms with Gasteiger partial charge in [-0.25, -0.2) is 0 Å². The first-order chi connectivity index (χ1) is 10.4. The van der Waals surface area contributed by atoms with Gasteiger partial charge in [0, 0.05) is 17.8 Å². The number of alkyl halides is 2. The summed E-state index contributed by atoms with van der Waals surface area (Å²) in [6, 6.07) is 1.41. The molecule has 0 spiro atoms. The minimum absolute atomic E-state index is 0.101. The van der Waals surface area contributed by atoms with Crippen LogP contribution >= 0.6 is 11.3 Å². The van der Waals surface area contributed by atoms with E-state index in [1.165, 1.54) is 6.07 Å². The zero-order chi connectivity index (χ0) is 16.5. The Balaban J connectivity index is 2.32. The van der Waals surface area contributed by atoms with Crippen LogP contribution in [0.4, 0.5) is 8.78 Å². The number of nitrogens with one attached hydrogen (secondary N) is 1. The van der Waals surface area contributed by atoms with E-state index in [0.717, 1.165) is 29.1 Å². The Labute approximate surface area is 131 Å². The number of unbranched alkanes of at least 4 members (excludes halogenated alkanes) is 3. The van der Waals surface area contributed by atoms with Crippen molar-refractivity contribution in [3.63, 3.8) is 0 Å². The highest BCUT2D eigenvalue weighted by Gasteiger charge is 2.18. The number of carbonyl (C=O) groups excluding carboxylic acids is 1. The lowest BCUT2D eigenvalue weighted by molar-refractivity contribution is -0.137. The number of carbonyl (C=O) groups is 2. The molecule has 1 aromatic heterocycles. The third kappa shape index (κ3) is 6.84. The van der Waals surface area contributed by atoms with Crippen molar-refractivity contribution in [3.05, 3.63) is 15.8 Å². The number of aryl methyl sites for hydroxylation is 1. The number of amides is 1. The monoisotopic (exact) mass is 335 g/mol. The van der Waals surface area contributed by atoms with Gasteiger partial charge in [-0.2, -0.15) is 8.78 Å². The summed E-state index contributed by atoms with van der Waals surface area (Å²) in [7, 11) is 0. The van der Waals surface area contributed by atoms with Crippen molar-refractivity contribution in [2.24, 2.45) is 0 Å². The van der Waals surface area contributed by atoms with E-state index >= 15 is 0 Å². The summed E-state index contributed by atoms with van der Waals surface area (Å²) in [5.74, 6) is -1.34. The van der Waals surface area contributed by atoms with Crippen LogP contribution in [0.3, 0.4) is 0 Å². The summed E-state index contributed by atoms with van der Waals surface area (Å²) in [6.07, 6.45) is 3.05. The number of hydrogen-bond acceptors (Lipinski definition) is 4. The molecule has 0 fully saturated rings. The lowest BCUT2D eigenvalue weighted by Gasteiger charge is -2.07. The quantitative estimate of drug-likeness (QED) is 0.642. The van der Waals surface area contributed by atoms with Gasteiger partial charge in [0.15, 0.2) is 0 Å². The van der Waals surface area contributed by atoms with Gasteiger partial charge < -0.3 is 15.2 Å². The third-order valence-electron chi connectivity index (χ3n) is 2.85. The molecule has 0 radical (unpaired) electrons. The smallest absolute Gasteiger partial charge is 0.387 e. The standard InChI is InChI=1S/C14H19F2NO4S/c1-9-8-10(21-14(15)16)12(22-9)13(20)17-7-5-3-2-4-6-11(18)19/h8,14H,2-7H2,1H3,(H,17,20)(H,18,19). The number of thiophene rings is 1. The molecule has 0 bridgehead atoms. The molecule has 0 saturated heterocycles. The van der Waals surface area contributed by atoms with Crippen LogP contribution in [0.15, 0.2) is 6.07 Å². The molecule has 0 aliphatic rings. The van der Waals surface area contributed by atoms with Gasteiger partial charge in [0.1, 0.15) is 10.6 Å². The fourth-order valence-electron chi connectivity index (χ4n) is 1.87. The maximum absolute atomic E-state index is 12.3. The maximum Gasteiger partial charge on any atom is 0.387 e. The molecule has 0 atom stereocenters. The molecule has 0 unspecified atom stereocenters. The van der Waals surface area contributed by atoms with Gasteiger partial charge in [0.05, 0.1) is 0 Å². The van der Waals surface area contributed by atoms with Gasteiger partial charge in [-0.15, -0.1) is 11.3 Å². The number of carboxylic acid groups (broad SMARTS) is 1. The number of rotatable bonds is 10. The van der Waals surface area contributed by atoms with Crippen molar-refractivity contribution in [2.75, 3.05) is 6.54 Å². The van der Waals surface area contributed by atoms with Crippen molar-refractivity contribution in [3.8, 4) is 5.75 Å². The summed E-state index contributed by atoms with van der Waals surface area (Å²) in [4.78, 5) is 23.1. The van der Waals surface area contributed by atoms with Gasteiger partial charge in [-0.1, -0.05) is 12.8 Å². The highest BCUT2D eigenvalue weighted by molar-refractivity contribution is 7.14. The van der Waals surface area contributed by atoms with Gasteiger partial charge in [0.25, 0.3) is 5.91 Å². The molecule has 0 aliphatic heterocycles. The first-order valence-electron chi connectivity index (χ1n) is 6.95. The lowest BCUT2D eigenvalue weighted by Crippen LogP contribution is -2.24. The van der Waals surface area contributed by atoms with Crippen LogP contribution in [-0.2, 0) is 4.79 Å². The first-order valence-corrected chi connectivity index (χ1v) is 7.77. The Morgan fingerprint density at radius 2 is 2.00 bits per heavy atom. The van der Waals surface area contributed by atoms with Crippen molar-refractivity contribution in [2.45, 2.75) is 45.6 Å². The van der Waals surface area contributed by atoms with Crippen LogP contribution < -0.4 is 10.1 Å². The minimum Gasteiger partial charge on any atom is -0.481 e. The molecular weight excluding hydrogens is 316 g/mol. The van der Waals surface area contributed by atoms with Gasteiger partial charge in [0.2, 0.25) is 0 Å². The number of ether oxygens (including phenoxy) is 1. The summed E-state index contributed by atoms with van der Waals surface area (Å²) in [5.41, 5.74) is 0. The molecule has 22 heavy (non-hydrogen) atoms. The van der Waals surface area contributed by atoms with Crippen molar-refractivity contribution < 1.29 is 28.2 Å². The molecule has 8 heteroatoms. The topological polar surface area (TPSA) is 75.6 Å². The number of carboxylic acids is 1. The van der Waals surface area contributed by atoms with Crippen LogP contribution in [0.1, 0.15) is 46.7 Å². The fourth-order valence-corrected chi connectivity index (χ4v) is 2.73. The second-order valence-electron chi connectivity index (χ2n) is 4.74. The molecule has 0 aliphatic carbocycles. The van der Waals surface area contributed by atoms with Crippen molar-refractivity contribution in [1.29, 1.82) is 0 Å². The number of halogens is 2. The minimum atomic E-state index is -2.96. The number of hydrogen-bond donors (Lipinski definition) is 2. The molecule has 5 nitrogen and oxygen atoms in total. The van der Waals surface area contributed by atoms with E-state index in [1.807, 2.05) is 0 Å². The van der Waals surface area contributed by atoms with Crippen molar-refractivity contribution in [1.82, 2.24) is 5.32 Å². The highest BCUT2D eigenvalue weighted by Crippen LogP contribution is 2.30. The van der Waals surface area contributed by atoms with Crippen molar-refractivity contribution >= 4 is 23.2 Å². The SMILES string of the molecule is Cc1cc(OC(F)F)c(C(=O)NCCCCCCC(=O)O)s1. The molecule has 0 aromatic carbocycles. The summed E-state index contributed by atoms with van der Waals surface area (Å²) < 4.78 is 28.9. The molecule has 1 aromatic rings. The van der Waals surface area contributed by atoms with E-state index in [-0.39, 0.29) is 17.0 Å². The van der Waals surface area contributed by atoms with Gasteiger partial charge >= 0.3 is 12.6 Å². The van der Waals surface area contributed by atoms with Gasteiger partial charge in [-0.3, -0.25) is 9.59 Å². The van der Waals surface area contributed by atoms with Crippen LogP contribution in [-0.4, -0.2) is 30.1 Å². The average Bonchev–Trinajstić information content (AvgIpc) is 2.77. The molecule has 2 N–H and O–H groups in total. The zero-order valence-electron chi connectivity index (χ0n) is 12.2. The van der Waals surface area contributed by atoms with Crippen LogP contribution in [0.5, 0.6) is 5.75 Å². The van der Waals surface area contributed by atoms with E-state index in [2.05, 4.69) is 10.1 Å². The second-order valence-corrected chi connectivity index (χ2v) is 6.00. The van der Waals surface area contributed by atoms with Gasteiger partial charge in [-0.05, 0) is 25.8 Å². The van der Waals surface area contributed by atoms with E-state index in [4.69, 9.17) is 5.11 Å². The fraction of sp³-hybridized carbons (Fsp3) is 0.571. The molecule has 1 amide bonds. The van der Waals surface area contributed by atoms with E-state index in [9.17, 15) is 18.4 Å². The summed E-state index contributed by atoms with van der Waals surface area (Å²) >= 11 is 1.10. The van der Waals surface area contributed by atoms with Crippen LogP contribution in [0.25, 0.3) is 0 Å². The predicted molar refractivity (Wildman–Crippen MR) is 78.7 cm³/mol. The Morgan fingerprint density at radius 1 is 1.32 bits per heavy atom. The Bertz CT molecular complexity index is 505. The Kier molecular flexibility index (Phi) is 7.79. The molecule has 1 heterocycles. The Morgan fingerprint density at radius 3 is 2.64 bits per heavy atom. The van der Waals surface area contributed by atoms with Crippen LogP contribution in [0.2, 0.25) is 0 Å². The first kappa shape index (κ1) is 18.3. The second kappa shape index (κ2) is 9.34. The predicted octanol–water partition coefficient (Wildman–Crippen LogP) is 3.42. The summed E-state index contributed by atoms with van der Waals surface area (Å²) in [5, 5.41) is 11.1. The van der Waals surface area contributed by atoms with E-state index < -0.39 is 18.5 Å². The van der Waals surface area contributed by atoms with Crippen LogP contribution in [0, 0.1) is 6.92 Å². The average molecular weight is 335 g/mol. The number of aliphatic carboxylic acids is 1. The highest BCUT2D eigenvalue weighted by atomic mass is 32.1. The largest absolute Gasteiger partial charge is 0.481 e. The normalized spacial score (nSPS) is 10.7. The van der Waals surface area contributed by atoms with E-state index in [1.54, 1.807) is 6.92 Å². The molecule has 1 rings (SSSR count). The molecular formula is C14H19F2NO4S. The summed E-state index contributed by atoms with van der Waals surface area (Å²) in [6.45, 7) is -0.839. The lowest BCUT2D eigenvalue weighted by atomic mass is 10.1. The van der Waals surface area contributed by atoms with E-state index in [0.29, 0.717) is 19.4 Å². The molecule has 0 saturated carbocycles.